The van der Waals surface area contributed by atoms with E-state index in [2.05, 4.69) is 29.8 Å². The average molecular weight is 321 g/mol. The number of halogens is 2. The van der Waals surface area contributed by atoms with Crippen molar-refractivity contribution in [3.63, 3.8) is 0 Å². The van der Waals surface area contributed by atoms with Gasteiger partial charge in [0.1, 0.15) is 0 Å². The van der Waals surface area contributed by atoms with Gasteiger partial charge >= 0.3 is 0 Å². The van der Waals surface area contributed by atoms with Gasteiger partial charge in [0, 0.05) is 4.47 Å². The molecule has 1 rings (SSSR count). The van der Waals surface area contributed by atoms with Crippen molar-refractivity contribution in [2.45, 2.75) is 38.8 Å². The molecule has 0 aliphatic carbocycles. The van der Waals surface area contributed by atoms with Crippen LogP contribution in [0.1, 0.15) is 38.3 Å². The van der Waals surface area contributed by atoms with Gasteiger partial charge in [-0.1, -0.05) is 31.5 Å². The van der Waals surface area contributed by atoms with Crippen molar-refractivity contribution >= 4 is 27.5 Å². The highest BCUT2D eigenvalue weighted by atomic mass is 79.9. The molecule has 0 aliphatic rings. The van der Waals surface area contributed by atoms with Gasteiger partial charge in [-0.2, -0.15) is 0 Å². The Bertz CT molecular complexity index is 370. The smallest absolute Gasteiger partial charge is 0.0732 e. The fourth-order valence-electron chi connectivity index (χ4n) is 1.63. The zero-order valence-electron chi connectivity index (χ0n) is 10.2. The highest BCUT2D eigenvalue weighted by molar-refractivity contribution is 9.10. The summed E-state index contributed by atoms with van der Waals surface area (Å²) in [4.78, 5) is 0. The largest absolute Gasteiger partial charge is 0.391 e. The number of hydrogen-bond acceptors (Lipinski definition) is 2. The van der Waals surface area contributed by atoms with E-state index in [1.807, 2.05) is 12.1 Å². The van der Waals surface area contributed by atoms with Crippen molar-refractivity contribution in [1.29, 1.82) is 0 Å². The van der Waals surface area contributed by atoms with Crippen LogP contribution in [0.25, 0.3) is 0 Å². The molecule has 1 aromatic carbocycles. The second kappa shape index (κ2) is 6.74. The van der Waals surface area contributed by atoms with Crippen LogP contribution in [0, 0.1) is 5.92 Å². The number of rotatable bonds is 5. The number of aliphatic hydroxyl groups is 1. The fraction of sp³-hybridized carbons (Fsp3) is 0.538. The Kier molecular flexibility index (Phi) is 5.93. The van der Waals surface area contributed by atoms with Crippen LogP contribution in [0.15, 0.2) is 22.7 Å². The first kappa shape index (κ1) is 15.0. The van der Waals surface area contributed by atoms with Gasteiger partial charge in [0.25, 0.3) is 0 Å². The van der Waals surface area contributed by atoms with Crippen LogP contribution in [-0.2, 0) is 0 Å². The first-order chi connectivity index (χ1) is 7.91. The van der Waals surface area contributed by atoms with Crippen LogP contribution in [0.5, 0.6) is 0 Å². The zero-order valence-corrected chi connectivity index (χ0v) is 12.5. The highest BCUT2D eigenvalue weighted by Gasteiger charge is 2.17. The Labute approximate surface area is 116 Å². The first-order valence-corrected chi connectivity index (χ1v) is 6.97. The summed E-state index contributed by atoms with van der Waals surface area (Å²) in [6, 6.07) is 5.15. The molecule has 0 radical (unpaired) electrons. The normalized spacial score (nSPS) is 15.0. The number of nitrogens with two attached hydrogens (primary N) is 1. The minimum atomic E-state index is -0.509. The average Bonchev–Trinajstić information content (AvgIpc) is 2.28. The molecule has 0 bridgehead atoms. The summed E-state index contributed by atoms with van der Waals surface area (Å²) in [6.07, 6.45) is 1.19. The molecule has 0 saturated carbocycles. The second-order valence-electron chi connectivity index (χ2n) is 4.74. The van der Waals surface area contributed by atoms with Crippen molar-refractivity contribution < 1.29 is 5.11 Å². The Morgan fingerprint density at radius 3 is 2.53 bits per heavy atom. The Morgan fingerprint density at radius 2 is 2.00 bits per heavy atom. The third-order valence-corrected chi connectivity index (χ3v) is 4.00. The molecule has 4 heteroatoms. The molecule has 2 nitrogen and oxygen atoms in total. The molecule has 0 aromatic heterocycles. The second-order valence-corrected chi connectivity index (χ2v) is 6.00. The van der Waals surface area contributed by atoms with Crippen LogP contribution in [0.2, 0.25) is 5.02 Å². The van der Waals surface area contributed by atoms with Gasteiger partial charge in [-0.15, -0.1) is 0 Å². The Hall–Kier alpha value is -0.0900. The van der Waals surface area contributed by atoms with Crippen molar-refractivity contribution in [3.05, 3.63) is 33.3 Å². The summed E-state index contributed by atoms with van der Waals surface area (Å²) in [6.45, 7) is 4.27. The van der Waals surface area contributed by atoms with E-state index in [0.717, 1.165) is 22.9 Å². The van der Waals surface area contributed by atoms with Crippen LogP contribution >= 0.6 is 27.5 Å². The maximum absolute atomic E-state index is 10.0. The number of aliphatic hydroxyl groups excluding tert-OH is 1. The fourth-order valence-corrected chi connectivity index (χ4v) is 2.14. The van der Waals surface area contributed by atoms with Gasteiger partial charge in [-0.05, 0) is 52.4 Å². The summed E-state index contributed by atoms with van der Waals surface area (Å²) in [5.41, 5.74) is 6.93. The zero-order chi connectivity index (χ0) is 13.0. The molecular formula is C13H19BrClNO. The maximum atomic E-state index is 10.0. The Balaban J connectivity index is 2.67. The minimum absolute atomic E-state index is 0.359. The molecule has 1 aromatic rings. The lowest BCUT2D eigenvalue weighted by Crippen LogP contribution is -2.26. The van der Waals surface area contributed by atoms with E-state index in [-0.39, 0.29) is 6.04 Å². The standard InChI is InChI=1S/C13H19BrClNO/c1-8(2)3-6-12(17)13(16)9-4-5-11(15)10(14)7-9/h4-5,7-8,12-13,17H,3,6,16H2,1-2H3/t12-,13+/m0/s1. The molecule has 0 amide bonds. The van der Waals surface area contributed by atoms with Crippen molar-refractivity contribution in [2.24, 2.45) is 11.7 Å². The third kappa shape index (κ3) is 4.59. The molecule has 0 saturated heterocycles. The number of hydrogen-bond donors (Lipinski definition) is 2. The van der Waals surface area contributed by atoms with E-state index in [4.69, 9.17) is 17.3 Å². The van der Waals surface area contributed by atoms with E-state index in [1.54, 1.807) is 6.07 Å². The predicted molar refractivity (Wildman–Crippen MR) is 76.2 cm³/mol. The van der Waals surface area contributed by atoms with Crippen LogP contribution < -0.4 is 5.73 Å². The quantitative estimate of drug-likeness (QED) is 0.864. The molecule has 2 atom stereocenters. The lowest BCUT2D eigenvalue weighted by Gasteiger charge is -2.20. The minimum Gasteiger partial charge on any atom is -0.391 e. The third-order valence-electron chi connectivity index (χ3n) is 2.78. The van der Waals surface area contributed by atoms with E-state index in [0.29, 0.717) is 10.9 Å². The summed E-state index contributed by atoms with van der Waals surface area (Å²) in [5, 5.41) is 10.7. The summed E-state index contributed by atoms with van der Waals surface area (Å²) in [7, 11) is 0. The molecule has 0 spiro atoms. The topological polar surface area (TPSA) is 46.2 Å². The van der Waals surface area contributed by atoms with Gasteiger partial charge in [-0.25, -0.2) is 0 Å². The lowest BCUT2D eigenvalue weighted by atomic mass is 9.96. The maximum Gasteiger partial charge on any atom is 0.0732 e. The molecule has 17 heavy (non-hydrogen) atoms. The van der Waals surface area contributed by atoms with Gasteiger partial charge in [0.2, 0.25) is 0 Å². The lowest BCUT2D eigenvalue weighted by molar-refractivity contribution is 0.128. The number of benzene rings is 1. The predicted octanol–water partition coefficient (Wildman–Crippen LogP) is 3.90. The summed E-state index contributed by atoms with van der Waals surface area (Å²) < 4.78 is 0.808. The van der Waals surface area contributed by atoms with Crippen molar-refractivity contribution in [2.75, 3.05) is 0 Å². The molecular weight excluding hydrogens is 302 g/mol. The van der Waals surface area contributed by atoms with Gasteiger partial charge < -0.3 is 10.8 Å². The highest BCUT2D eigenvalue weighted by Crippen LogP contribution is 2.27. The first-order valence-electron chi connectivity index (χ1n) is 5.80. The van der Waals surface area contributed by atoms with Crippen LogP contribution in [0.3, 0.4) is 0 Å². The monoisotopic (exact) mass is 319 g/mol. The van der Waals surface area contributed by atoms with E-state index >= 15 is 0 Å². The van der Waals surface area contributed by atoms with Crippen LogP contribution in [-0.4, -0.2) is 11.2 Å². The SMILES string of the molecule is CC(C)CC[C@H](O)[C@H](N)c1ccc(Cl)c(Br)c1. The molecule has 0 unspecified atom stereocenters. The molecule has 0 heterocycles. The molecule has 0 fully saturated rings. The van der Waals surface area contributed by atoms with Crippen molar-refractivity contribution in [1.82, 2.24) is 0 Å². The van der Waals surface area contributed by atoms with Crippen molar-refractivity contribution in [3.8, 4) is 0 Å². The van der Waals surface area contributed by atoms with Crippen LogP contribution in [0.4, 0.5) is 0 Å². The summed E-state index contributed by atoms with van der Waals surface area (Å²) >= 11 is 9.27. The molecule has 96 valence electrons. The van der Waals surface area contributed by atoms with Gasteiger partial charge in [0.05, 0.1) is 17.2 Å². The van der Waals surface area contributed by atoms with Gasteiger partial charge in [0.15, 0.2) is 0 Å². The molecule has 0 aliphatic heterocycles. The summed E-state index contributed by atoms with van der Waals surface area (Å²) in [5.74, 6) is 0.578. The van der Waals surface area contributed by atoms with E-state index in [9.17, 15) is 5.11 Å². The van der Waals surface area contributed by atoms with E-state index < -0.39 is 6.10 Å². The van der Waals surface area contributed by atoms with E-state index in [1.165, 1.54) is 0 Å². The Morgan fingerprint density at radius 1 is 1.35 bits per heavy atom. The molecule has 3 N–H and O–H groups in total. The van der Waals surface area contributed by atoms with Gasteiger partial charge in [-0.3, -0.25) is 0 Å².